The number of aromatic nitrogens is 2. The van der Waals surface area contributed by atoms with Crippen molar-refractivity contribution >= 4 is 17.5 Å². The Morgan fingerprint density at radius 3 is 2.31 bits per heavy atom. The van der Waals surface area contributed by atoms with Gasteiger partial charge < -0.3 is 9.64 Å². The van der Waals surface area contributed by atoms with Crippen LogP contribution in [0.15, 0.2) is 83.7 Å². The number of nitrogens with zero attached hydrogens (tertiary/aromatic N) is 3. The fraction of sp³-hybridized carbons (Fsp3) is 0.241. The van der Waals surface area contributed by atoms with E-state index in [1.54, 1.807) is 13.2 Å². The summed E-state index contributed by atoms with van der Waals surface area (Å²) in [7, 11) is 1.64. The molecule has 184 valence electrons. The molecule has 1 aliphatic heterocycles. The minimum absolute atomic E-state index is 0.0179. The number of hydrogen-bond acceptors (Lipinski definition) is 3. The van der Waals surface area contributed by atoms with Crippen molar-refractivity contribution in [1.29, 1.82) is 0 Å². The third kappa shape index (κ3) is 5.09. The van der Waals surface area contributed by atoms with Crippen molar-refractivity contribution in [1.82, 2.24) is 14.3 Å². The van der Waals surface area contributed by atoms with Crippen molar-refractivity contribution in [3.05, 3.63) is 122 Å². The molecule has 0 fully saturated rings. The van der Waals surface area contributed by atoms with Crippen LogP contribution in [0.25, 0.3) is 0 Å². The van der Waals surface area contributed by atoms with Gasteiger partial charge in [0.05, 0.1) is 38.9 Å². The van der Waals surface area contributed by atoms with E-state index in [2.05, 4.69) is 0 Å². The summed E-state index contributed by atoms with van der Waals surface area (Å²) in [5.41, 5.74) is 4.71. The second-order valence-corrected chi connectivity index (χ2v) is 9.49. The van der Waals surface area contributed by atoms with Gasteiger partial charge in [-0.3, -0.25) is 14.3 Å². The Hall–Kier alpha value is -3.77. The number of methoxy groups -OCH3 is 1. The van der Waals surface area contributed by atoms with E-state index in [-0.39, 0.29) is 17.9 Å². The summed E-state index contributed by atoms with van der Waals surface area (Å²) in [6.45, 7) is 1.93. The molecule has 7 heteroatoms. The summed E-state index contributed by atoms with van der Waals surface area (Å²) in [4.78, 5) is 28.6. The minimum Gasteiger partial charge on any atom is -0.497 e. The lowest BCUT2D eigenvalue weighted by Gasteiger charge is -2.28. The van der Waals surface area contributed by atoms with Crippen molar-refractivity contribution in [3.8, 4) is 5.75 Å². The fourth-order valence-electron chi connectivity index (χ4n) is 4.77. The first-order valence-electron chi connectivity index (χ1n) is 12.0. The number of hydrogen-bond donors (Lipinski definition) is 0. The lowest BCUT2D eigenvalue weighted by molar-refractivity contribution is -0.131. The van der Waals surface area contributed by atoms with Gasteiger partial charge in [0.1, 0.15) is 5.75 Å². The number of rotatable bonds is 7. The Kier molecular flexibility index (Phi) is 6.96. The van der Waals surface area contributed by atoms with Crippen LogP contribution in [0.1, 0.15) is 27.9 Å². The quantitative estimate of drug-likeness (QED) is 0.374. The Balaban J connectivity index is 1.47. The van der Waals surface area contributed by atoms with Gasteiger partial charge in [-0.2, -0.15) is 0 Å². The van der Waals surface area contributed by atoms with Gasteiger partial charge in [0.25, 0.3) is 5.56 Å². The molecule has 5 rings (SSSR count). The molecular weight excluding hydrogens is 474 g/mol. The maximum absolute atomic E-state index is 13.5. The van der Waals surface area contributed by atoms with E-state index in [4.69, 9.17) is 16.3 Å². The average Bonchev–Trinajstić information content (AvgIpc) is 3.15. The highest BCUT2D eigenvalue weighted by Gasteiger charge is 2.28. The second-order valence-electron chi connectivity index (χ2n) is 9.05. The van der Waals surface area contributed by atoms with Crippen molar-refractivity contribution in [2.24, 2.45) is 0 Å². The number of ether oxygens (including phenoxy) is 1. The standard InChI is InChI=1S/C29H28ClN3O3/c1-36-25-12-10-22(11-13-25)18-32-27-20-31(28(34)17-23-8-5-9-24(30)16-23)15-14-26(27)29(35)33(32)19-21-6-3-2-4-7-21/h2-13,16H,14-15,17-20H2,1H3. The highest BCUT2D eigenvalue weighted by atomic mass is 35.5. The number of fused-ring (bicyclic) bond motifs is 1. The molecule has 0 N–H and O–H groups in total. The number of amides is 1. The predicted molar refractivity (Wildman–Crippen MR) is 141 cm³/mol. The molecule has 6 nitrogen and oxygen atoms in total. The Labute approximate surface area is 215 Å². The van der Waals surface area contributed by atoms with E-state index in [0.29, 0.717) is 37.6 Å². The number of halogens is 1. The van der Waals surface area contributed by atoms with Gasteiger partial charge >= 0.3 is 0 Å². The molecular formula is C29H28ClN3O3. The largest absolute Gasteiger partial charge is 0.497 e. The summed E-state index contributed by atoms with van der Waals surface area (Å²) in [5, 5.41) is 0.618. The average molecular weight is 502 g/mol. The van der Waals surface area contributed by atoms with E-state index in [9.17, 15) is 9.59 Å². The van der Waals surface area contributed by atoms with Gasteiger partial charge in [-0.05, 0) is 47.4 Å². The van der Waals surface area contributed by atoms with Crippen LogP contribution in [0.5, 0.6) is 5.75 Å². The maximum atomic E-state index is 13.5. The zero-order valence-electron chi connectivity index (χ0n) is 20.2. The number of carbonyl (C=O) groups excluding carboxylic acids is 1. The SMILES string of the molecule is COc1ccc(Cn2c3c(c(=O)n2Cc2ccccc2)CCN(C(=O)Cc2cccc(Cl)c2)C3)cc1. The zero-order valence-corrected chi connectivity index (χ0v) is 20.9. The van der Waals surface area contributed by atoms with Crippen molar-refractivity contribution in [2.75, 3.05) is 13.7 Å². The highest BCUT2D eigenvalue weighted by Crippen LogP contribution is 2.22. The molecule has 0 aliphatic carbocycles. The minimum atomic E-state index is 0.0179. The summed E-state index contributed by atoms with van der Waals surface area (Å²) < 4.78 is 9.16. The molecule has 0 radical (unpaired) electrons. The van der Waals surface area contributed by atoms with Crippen LogP contribution in [-0.4, -0.2) is 33.8 Å². The molecule has 1 aliphatic rings. The number of carbonyl (C=O) groups is 1. The first-order chi connectivity index (χ1) is 17.5. The molecule has 0 saturated carbocycles. The van der Waals surface area contributed by atoms with Gasteiger partial charge in [0, 0.05) is 17.1 Å². The third-order valence-electron chi connectivity index (χ3n) is 6.68. The van der Waals surface area contributed by atoms with Crippen LogP contribution in [-0.2, 0) is 37.3 Å². The molecule has 0 unspecified atom stereocenters. The van der Waals surface area contributed by atoms with Crippen molar-refractivity contribution in [2.45, 2.75) is 32.5 Å². The molecule has 0 saturated heterocycles. The lowest BCUT2D eigenvalue weighted by atomic mass is 10.1. The fourth-order valence-corrected chi connectivity index (χ4v) is 4.98. The van der Waals surface area contributed by atoms with Crippen LogP contribution in [0, 0.1) is 0 Å². The Morgan fingerprint density at radius 1 is 0.889 bits per heavy atom. The normalized spacial score (nSPS) is 12.9. The van der Waals surface area contributed by atoms with Crippen LogP contribution < -0.4 is 10.3 Å². The summed E-state index contributed by atoms with van der Waals surface area (Å²) >= 11 is 6.11. The lowest BCUT2D eigenvalue weighted by Crippen LogP contribution is -2.38. The first-order valence-corrected chi connectivity index (χ1v) is 12.4. The molecule has 0 spiro atoms. The Morgan fingerprint density at radius 2 is 1.58 bits per heavy atom. The molecule has 4 aromatic rings. The second kappa shape index (κ2) is 10.5. The molecule has 3 aromatic carbocycles. The molecule has 36 heavy (non-hydrogen) atoms. The van der Waals surface area contributed by atoms with Gasteiger partial charge in [0.2, 0.25) is 5.91 Å². The van der Waals surface area contributed by atoms with Crippen LogP contribution in [0.4, 0.5) is 0 Å². The van der Waals surface area contributed by atoms with Crippen LogP contribution in [0.3, 0.4) is 0 Å². The number of benzene rings is 3. The van der Waals surface area contributed by atoms with E-state index < -0.39 is 0 Å². The monoisotopic (exact) mass is 501 g/mol. The van der Waals surface area contributed by atoms with E-state index in [0.717, 1.165) is 33.7 Å². The van der Waals surface area contributed by atoms with Gasteiger partial charge in [-0.25, -0.2) is 4.68 Å². The Bertz CT molecular complexity index is 1420. The van der Waals surface area contributed by atoms with Crippen molar-refractivity contribution < 1.29 is 9.53 Å². The summed E-state index contributed by atoms with van der Waals surface area (Å²) in [6.07, 6.45) is 0.823. The van der Waals surface area contributed by atoms with Gasteiger partial charge in [-0.1, -0.05) is 66.2 Å². The topological polar surface area (TPSA) is 56.5 Å². The zero-order chi connectivity index (χ0) is 25.1. The first kappa shape index (κ1) is 23.9. The van der Waals surface area contributed by atoms with E-state index >= 15 is 0 Å². The molecule has 1 aromatic heterocycles. The predicted octanol–water partition coefficient (Wildman–Crippen LogP) is 4.54. The third-order valence-corrected chi connectivity index (χ3v) is 6.92. The van der Waals surface area contributed by atoms with Crippen molar-refractivity contribution in [3.63, 3.8) is 0 Å². The molecule has 2 heterocycles. The van der Waals surface area contributed by atoms with Gasteiger partial charge in [-0.15, -0.1) is 0 Å². The summed E-state index contributed by atoms with van der Waals surface area (Å²) in [6, 6.07) is 25.2. The summed E-state index contributed by atoms with van der Waals surface area (Å²) in [5.74, 6) is 0.815. The van der Waals surface area contributed by atoms with Gasteiger partial charge in [0.15, 0.2) is 0 Å². The highest BCUT2D eigenvalue weighted by molar-refractivity contribution is 6.30. The molecule has 0 bridgehead atoms. The molecule has 1 amide bonds. The maximum Gasteiger partial charge on any atom is 0.270 e. The van der Waals surface area contributed by atoms with Crippen LogP contribution in [0.2, 0.25) is 5.02 Å². The van der Waals surface area contributed by atoms with E-state index in [1.807, 2.05) is 87.1 Å². The van der Waals surface area contributed by atoms with Crippen LogP contribution >= 0.6 is 11.6 Å². The smallest absolute Gasteiger partial charge is 0.270 e. The van der Waals surface area contributed by atoms with E-state index in [1.165, 1.54) is 0 Å². The molecule has 0 atom stereocenters.